The number of carbonyl (C=O) groups excluding carboxylic acids is 2. The fourth-order valence-electron chi connectivity index (χ4n) is 2.30. The molecule has 0 bridgehead atoms. The standard InChI is InChI=1S/C19H20N4O5/c1-13(10-18(24)20-15-4-3-5-16(12-15)23(26)27)21-22-19(25)11-14-6-8-17(28-2)9-7-14/h3-9,12H,10-11H2,1-2H3,(H,20,24)(H,22,25). The van der Waals surface area contributed by atoms with Crippen LogP contribution in [-0.2, 0) is 16.0 Å². The van der Waals surface area contributed by atoms with Gasteiger partial charge in [-0.25, -0.2) is 5.43 Å². The van der Waals surface area contributed by atoms with Gasteiger partial charge in [-0.2, -0.15) is 5.10 Å². The first-order valence-electron chi connectivity index (χ1n) is 8.36. The molecular formula is C19H20N4O5. The van der Waals surface area contributed by atoms with E-state index in [-0.39, 0.29) is 24.4 Å². The van der Waals surface area contributed by atoms with E-state index in [2.05, 4.69) is 15.8 Å². The summed E-state index contributed by atoms with van der Waals surface area (Å²) in [6, 6.07) is 12.7. The molecule has 0 atom stereocenters. The molecule has 0 fully saturated rings. The summed E-state index contributed by atoms with van der Waals surface area (Å²) in [6.07, 6.45) is 0.0756. The second kappa shape index (κ2) is 9.81. The number of methoxy groups -OCH3 is 1. The van der Waals surface area contributed by atoms with Gasteiger partial charge >= 0.3 is 0 Å². The van der Waals surface area contributed by atoms with Gasteiger partial charge in [0, 0.05) is 23.5 Å². The van der Waals surface area contributed by atoms with Crippen LogP contribution in [0.5, 0.6) is 5.75 Å². The van der Waals surface area contributed by atoms with Gasteiger partial charge in [0.2, 0.25) is 11.8 Å². The van der Waals surface area contributed by atoms with E-state index >= 15 is 0 Å². The maximum Gasteiger partial charge on any atom is 0.271 e. The predicted octanol–water partition coefficient (Wildman–Crippen LogP) is 2.67. The fourth-order valence-corrected chi connectivity index (χ4v) is 2.30. The van der Waals surface area contributed by atoms with Crippen LogP contribution < -0.4 is 15.5 Å². The number of hydrogen-bond acceptors (Lipinski definition) is 6. The second-order valence-corrected chi connectivity index (χ2v) is 5.94. The van der Waals surface area contributed by atoms with Crippen molar-refractivity contribution in [1.29, 1.82) is 0 Å². The van der Waals surface area contributed by atoms with Crippen LogP contribution in [0.25, 0.3) is 0 Å². The number of nitrogens with one attached hydrogen (secondary N) is 2. The van der Waals surface area contributed by atoms with E-state index < -0.39 is 10.8 Å². The first-order chi connectivity index (χ1) is 13.4. The highest BCUT2D eigenvalue weighted by Crippen LogP contribution is 2.17. The zero-order chi connectivity index (χ0) is 20.5. The maximum atomic E-state index is 12.0. The highest BCUT2D eigenvalue weighted by atomic mass is 16.6. The number of amides is 2. The van der Waals surface area contributed by atoms with Gasteiger partial charge in [0.05, 0.1) is 24.9 Å². The Kier molecular flexibility index (Phi) is 7.21. The van der Waals surface area contributed by atoms with Crippen LogP contribution in [0.15, 0.2) is 53.6 Å². The summed E-state index contributed by atoms with van der Waals surface area (Å²) in [5.41, 5.74) is 3.79. The Morgan fingerprint density at radius 3 is 2.50 bits per heavy atom. The van der Waals surface area contributed by atoms with E-state index in [1.54, 1.807) is 44.4 Å². The van der Waals surface area contributed by atoms with E-state index in [1.165, 1.54) is 18.2 Å². The summed E-state index contributed by atoms with van der Waals surface area (Å²) in [4.78, 5) is 34.2. The van der Waals surface area contributed by atoms with Gasteiger partial charge in [-0.1, -0.05) is 18.2 Å². The van der Waals surface area contributed by atoms with Gasteiger partial charge in [0.15, 0.2) is 0 Å². The van der Waals surface area contributed by atoms with Crippen LogP contribution in [0.1, 0.15) is 18.9 Å². The van der Waals surface area contributed by atoms with Crippen LogP contribution in [0, 0.1) is 10.1 Å². The van der Waals surface area contributed by atoms with Crippen molar-refractivity contribution in [2.45, 2.75) is 19.8 Å². The molecule has 0 aliphatic rings. The number of ether oxygens (including phenoxy) is 1. The lowest BCUT2D eigenvalue weighted by molar-refractivity contribution is -0.384. The molecule has 0 radical (unpaired) electrons. The van der Waals surface area contributed by atoms with Gasteiger partial charge in [-0.05, 0) is 30.7 Å². The highest BCUT2D eigenvalue weighted by molar-refractivity contribution is 6.05. The molecular weight excluding hydrogens is 364 g/mol. The van der Waals surface area contributed by atoms with Crippen LogP contribution in [-0.4, -0.2) is 29.6 Å². The molecule has 146 valence electrons. The Morgan fingerprint density at radius 2 is 1.86 bits per heavy atom. The van der Waals surface area contributed by atoms with Crippen molar-refractivity contribution in [1.82, 2.24) is 5.43 Å². The molecule has 0 saturated carbocycles. The molecule has 28 heavy (non-hydrogen) atoms. The Morgan fingerprint density at radius 1 is 1.14 bits per heavy atom. The second-order valence-electron chi connectivity index (χ2n) is 5.94. The summed E-state index contributed by atoms with van der Waals surface area (Å²) >= 11 is 0. The molecule has 2 amide bonds. The van der Waals surface area contributed by atoms with Crippen molar-refractivity contribution in [3.63, 3.8) is 0 Å². The summed E-state index contributed by atoms with van der Waals surface area (Å²) in [7, 11) is 1.56. The molecule has 2 aromatic rings. The number of nitrogens with zero attached hydrogens (tertiary/aromatic N) is 2. The summed E-state index contributed by atoms with van der Waals surface area (Å²) in [6.45, 7) is 1.60. The molecule has 0 unspecified atom stereocenters. The molecule has 0 aliphatic heterocycles. The van der Waals surface area contributed by atoms with Gasteiger partial charge in [0.25, 0.3) is 5.69 Å². The summed E-state index contributed by atoms with van der Waals surface area (Å²) < 4.78 is 5.06. The number of nitro groups is 1. The number of nitro benzene ring substituents is 1. The fraction of sp³-hybridized carbons (Fsp3) is 0.211. The van der Waals surface area contributed by atoms with Crippen LogP contribution in [0.2, 0.25) is 0 Å². The van der Waals surface area contributed by atoms with E-state index in [0.717, 1.165) is 5.56 Å². The quantitative estimate of drug-likeness (QED) is 0.411. The number of hydrogen-bond donors (Lipinski definition) is 2. The first-order valence-corrected chi connectivity index (χ1v) is 8.36. The van der Waals surface area contributed by atoms with Gasteiger partial charge in [-0.15, -0.1) is 0 Å². The van der Waals surface area contributed by atoms with E-state index in [4.69, 9.17) is 4.74 Å². The zero-order valence-electron chi connectivity index (χ0n) is 15.5. The number of rotatable bonds is 8. The molecule has 0 aliphatic carbocycles. The smallest absolute Gasteiger partial charge is 0.271 e. The maximum absolute atomic E-state index is 12.0. The highest BCUT2D eigenvalue weighted by Gasteiger charge is 2.10. The molecule has 2 N–H and O–H groups in total. The van der Waals surface area contributed by atoms with Crippen molar-refractivity contribution in [2.75, 3.05) is 12.4 Å². The number of non-ortho nitro benzene ring substituents is 1. The van der Waals surface area contributed by atoms with Gasteiger partial charge in [-0.3, -0.25) is 19.7 Å². The average molecular weight is 384 g/mol. The predicted molar refractivity (Wildman–Crippen MR) is 104 cm³/mol. The van der Waals surface area contributed by atoms with Gasteiger partial charge in [0.1, 0.15) is 5.75 Å². The van der Waals surface area contributed by atoms with Crippen LogP contribution in [0.3, 0.4) is 0 Å². The minimum absolute atomic E-state index is 0.0640. The molecule has 2 aromatic carbocycles. The Hall–Kier alpha value is -3.75. The third-order valence-corrected chi connectivity index (χ3v) is 3.65. The van der Waals surface area contributed by atoms with Gasteiger partial charge < -0.3 is 10.1 Å². The average Bonchev–Trinajstić information content (AvgIpc) is 2.67. The SMILES string of the molecule is COc1ccc(CC(=O)NN=C(C)CC(=O)Nc2cccc([N+](=O)[O-])c2)cc1. The van der Waals surface area contributed by atoms with Crippen molar-refractivity contribution in [2.24, 2.45) is 5.10 Å². The van der Waals surface area contributed by atoms with Crippen LogP contribution in [0.4, 0.5) is 11.4 Å². The monoisotopic (exact) mass is 384 g/mol. The topological polar surface area (TPSA) is 123 Å². The van der Waals surface area contributed by atoms with Crippen molar-refractivity contribution in [3.05, 3.63) is 64.2 Å². The number of hydrazone groups is 1. The van der Waals surface area contributed by atoms with E-state index in [9.17, 15) is 19.7 Å². The number of anilines is 1. The summed E-state index contributed by atoms with van der Waals surface area (Å²) in [5, 5.41) is 17.2. The Labute approximate surface area is 161 Å². The summed E-state index contributed by atoms with van der Waals surface area (Å²) in [5.74, 6) is -0.0115. The minimum atomic E-state index is -0.541. The molecule has 9 heteroatoms. The van der Waals surface area contributed by atoms with Crippen molar-refractivity contribution >= 4 is 28.9 Å². The van der Waals surface area contributed by atoms with Crippen LogP contribution >= 0.6 is 0 Å². The number of carbonyl (C=O) groups is 2. The molecule has 2 rings (SSSR count). The lowest BCUT2D eigenvalue weighted by atomic mass is 10.1. The third kappa shape index (κ3) is 6.52. The lowest BCUT2D eigenvalue weighted by Crippen LogP contribution is -2.22. The lowest BCUT2D eigenvalue weighted by Gasteiger charge is -2.06. The molecule has 0 heterocycles. The Bertz CT molecular complexity index is 893. The molecule has 0 spiro atoms. The van der Waals surface area contributed by atoms with Crippen molar-refractivity contribution in [3.8, 4) is 5.75 Å². The molecule has 0 saturated heterocycles. The van der Waals surface area contributed by atoms with Crippen molar-refractivity contribution < 1.29 is 19.2 Å². The third-order valence-electron chi connectivity index (χ3n) is 3.65. The Balaban J connectivity index is 1.83. The first kappa shape index (κ1) is 20.6. The van der Waals surface area contributed by atoms with E-state index in [1.807, 2.05) is 0 Å². The molecule has 9 nitrogen and oxygen atoms in total. The van der Waals surface area contributed by atoms with E-state index in [0.29, 0.717) is 17.1 Å². The minimum Gasteiger partial charge on any atom is -0.497 e. The normalized spacial score (nSPS) is 10.9. The largest absolute Gasteiger partial charge is 0.497 e. The molecule has 0 aromatic heterocycles. The zero-order valence-corrected chi connectivity index (χ0v) is 15.5. The number of benzene rings is 2.